The molecule has 0 aliphatic heterocycles. The van der Waals surface area contributed by atoms with Gasteiger partial charge in [0.1, 0.15) is 5.76 Å². The minimum atomic E-state index is -0.207. The SMILES string of the molecule is Cc1cc(C)c(CC(C#N)c2c(C)noc2C)c(C)c1. The summed E-state index contributed by atoms with van der Waals surface area (Å²) in [5.74, 6) is 0.540. The standard InChI is InChI=1S/C17H20N2O/c1-10-6-11(2)16(12(3)7-10)8-15(9-18)17-13(4)19-20-14(17)5/h6-7,15H,8H2,1-5H3. The molecule has 0 aliphatic rings. The van der Waals surface area contributed by atoms with Crippen molar-refractivity contribution < 1.29 is 4.52 Å². The molecule has 2 rings (SSSR count). The van der Waals surface area contributed by atoms with E-state index in [1.54, 1.807) is 0 Å². The van der Waals surface area contributed by atoms with Gasteiger partial charge in [-0.15, -0.1) is 0 Å². The van der Waals surface area contributed by atoms with E-state index < -0.39 is 0 Å². The molecule has 3 heteroatoms. The Labute approximate surface area is 120 Å². The number of benzene rings is 1. The van der Waals surface area contributed by atoms with Gasteiger partial charge in [-0.3, -0.25) is 0 Å². The summed E-state index contributed by atoms with van der Waals surface area (Å²) in [6.45, 7) is 10.1. The van der Waals surface area contributed by atoms with E-state index in [1.165, 1.54) is 22.3 Å². The largest absolute Gasteiger partial charge is 0.361 e. The summed E-state index contributed by atoms with van der Waals surface area (Å²) in [4.78, 5) is 0. The van der Waals surface area contributed by atoms with E-state index in [4.69, 9.17) is 4.52 Å². The molecule has 1 atom stereocenters. The van der Waals surface area contributed by atoms with Crippen molar-refractivity contribution >= 4 is 0 Å². The van der Waals surface area contributed by atoms with Crippen molar-refractivity contribution in [3.63, 3.8) is 0 Å². The minimum absolute atomic E-state index is 0.207. The summed E-state index contributed by atoms with van der Waals surface area (Å²) in [5.41, 5.74) is 6.75. The van der Waals surface area contributed by atoms with Gasteiger partial charge in [-0.25, -0.2) is 0 Å². The van der Waals surface area contributed by atoms with Gasteiger partial charge in [0.2, 0.25) is 0 Å². The zero-order valence-corrected chi connectivity index (χ0v) is 12.7. The first-order valence-corrected chi connectivity index (χ1v) is 6.83. The summed E-state index contributed by atoms with van der Waals surface area (Å²) in [7, 11) is 0. The lowest BCUT2D eigenvalue weighted by atomic mass is 9.87. The molecule has 0 bridgehead atoms. The van der Waals surface area contributed by atoms with Gasteiger partial charge >= 0.3 is 0 Å². The van der Waals surface area contributed by atoms with Gasteiger partial charge in [0.05, 0.1) is 17.7 Å². The maximum absolute atomic E-state index is 9.52. The van der Waals surface area contributed by atoms with E-state index >= 15 is 0 Å². The lowest BCUT2D eigenvalue weighted by Gasteiger charge is -2.15. The highest BCUT2D eigenvalue weighted by Gasteiger charge is 2.22. The average Bonchev–Trinajstić information content (AvgIpc) is 2.69. The number of hydrogen-bond acceptors (Lipinski definition) is 3. The summed E-state index contributed by atoms with van der Waals surface area (Å²) in [5, 5.41) is 13.5. The topological polar surface area (TPSA) is 49.8 Å². The van der Waals surface area contributed by atoms with Gasteiger partial charge in [-0.05, 0) is 57.7 Å². The first-order valence-electron chi connectivity index (χ1n) is 6.83. The van der Waals surface area contributed by atoms with Gasteiger partial charge in [0.15, 0.2) is 0 Å². The Balaban J connectivity index is 2.40. The Kier molecular flexibility index (Phi) is 3.94. The molecule has 0 fully saturated rings. The van der Waals surface area contributed by atoms with Crippen LogP contribution >= 0.6 is 0 Å². The van der Waals surface area contributed by atoms with Gasteiger partial charge in [0.25, 0.3) is 0 Å². The lowest BCUT2D eigenvalue weighted by Crippen LogP contribution is -2.06. The first kappa shape index (κ1) is 14.3. The van der Waals surface area contributed by atoms with Crippen LogP contribution in [-0.4, -0.2) is 5.16 Å². The van der Waals surface area contributed by atoms with Crippen molar-refractivity contribution in [3.8, 4) is 6.07 Å². The van der Waals surface area contributed by atoms with Crippen molar-refractivity contribution in [1.29, 1.82) is 5.26 Å². The fourth-order valence-electron chi connectivity index (χ4n) is 2.94. The van der Waals surface area contributed by atoms with E-state index in [0.717, 1.165) is 17.0 Å². The second-order valence-electron chi connectivity index (χ2n) is 5.50. The number of rotatable bonds is 3. The quantitative estimate of drug-likeness (QED) is 0.843. The maximum atomic E-state index is 9.52. The van der Waals surface area contributed by atoms with Crippen LogP contribution in [0.5, 0.6) is 0 Å². The molecule has 3 nitrogen and oxygen atoms in total. The summed E-state index contributed by atoms with van der Waals surface area (Å²) >= 11 is 0. The van der Waals surface area contributed by atoms with E-state index in [2.05, 4.69) is 44.1 Å². The molecule has 1 aromatic carbocycles. The highest BCUT2D eigenvalue weighted by molar-refractivity contribution is 5.41. The second-order valence-corrected chi connectivity index (χ2v) is 5.50. The molecule has 20 heavy (non-hydrogen) atoms. The lowest BCUT2D eigenvalue weighted by molar-refractivity contribution is 0.392. The molecule has 1 unspecified atom stereocenters. The summed E-state index contributed by atoms with van der Waals surface area (Å²) in [6.07, 6.45) is 0.706. The van der Waals surface area contributed by atoms with Crippen LogP contribution in [0.3, 0.4) is 0 Å². The van der Waals surface area contributed by atoms with E-state index in [-0.39, 0.29) is 5.92 Å². The van der Waals surface area contributed by atoms with Crippen molar-refractivity contribution in [2.75, 3.05) is 0 Å². The van der Waals surface area contributed by atoms with E-state index in [0.29, 0.717) is 6.42 Å². The molecule has 0 spiro atoms. The van der Waals surface area contributed by atoms with Crippen LogP contribution in [0.25, 0.3) is 0 Å². The summed E-state index contributed by atoms with van der Waals surface area (Å²) < 4.78 is 5.19. The zero-order chi connectivity index (χ0) is 14.9. The second kappa shape index (κ2) is 5.50. The Hall–Kier alpha value is -2.08. The highest BCUT2D eigenvalue weighted by Crippen LogP contribution is 2.29. The average molecular weight is 268 g/mol. The van der Waals surface area contributed by atoms with Gasteiger partial charge in [-0.1, -0.05) is 22.9 Å². The molecule has 104 valence electrons. The van der Waals surface area contributed by atoms with Crippen LogP contribution in [0, 0.1) is 45.9 Å². The van der Waals surface area contributed by atoms with Crippen molar-refractivity contribution in [1.82, 2.24) is 5.16 Å². The van der Waals surface area contributed by atoms with Gasteiger partial charge in [-0.2, -0.15) is 5.26 Å². The molecule has 0 N–H and O–H groups in total. The maximum Gasteiger partial charge on any atom is 0.138 e. The highest BCUT2D eigenvalue weighted by atomic mass is 16.5. The molecular formula is C17H20N2O. The zero-order valence-electron chi connectivity index (χ0n) is 12.7. The van der Waals surface area contributed by atoms with Gasteiger partial charge < -0.3 is 4.52 Å². The number of aromatic nitrogens is 1. The molecule has 0 amide bonds. The Morgan fingerprint density at radius 2 is 1.75 bits per heavy atom. The summed E-state index contributed by atoms with van der Waals surface area (Å²) in [6, 6.07) is 6.75. The molecule has 1 heterocycles. The van der Waals surface area contributed by atoms with Crippen molar-refractivity contribution in [2.24, 2.45) is 0 Å². The predicted molar refractivity (Wildman–Crippen MR) is 78.7 cm³/mol. The Bertz CT molecular complexity index is 634. The predicted octanol–water partition coefficient (Wildman–Crippen LogP) is 4.07. The monoisotopic (exact) mass is 268 g/mol. The molecule has 2 aromatic rings. The third kappa shape index (κ3) is 2.60. The van der Waals surface area contributed by atoms with Crippen LogP contribution in [0.2, 0.25) is 0 Å². The molecule has 1 aromatic heterocycles. The van der Waals surface area contributed by atoms with Crippen LogP contribution in [0.4, 0.5) is 0 Å². The van der Waals surface area contributed by atoms with Crippen LogP contribution in [0.1, 0.15) is 45.2 Å². The van der Waals surface area contributed by atoms with Crippen LogP contribution in [-0.2, 0) is 6.42 Å². The van der Waals surface area contributed by atoms with Gasteiger partial charge in [0, 0.05) is 5.56 Å². The normalized spacial score (nSPS) is 12.2. The fourth-order valence-corrected chi connectivity index (χ4v) is 2.94. The fraction of sp³-hybridized carbons (Fsp3) is 0.412. The minimum Gasteiger partial charge on any atom is -0.361 e. The van der Waals surface area contributed by atoms with Crippen molar-refractivity contribution in [3.05, 3.63) is 51.4 Å². The number of hydrogen-bond donors (Lipinski definition) is 0. The number of nitrogens with zero attached hydrogens (tertiary/aromatic N) is 2. The third-order valence-electron chi connectivity index (χ3n) is 3.84. The molecule has 0 saturated heterocycles. The molecule has 0 radical (unpaired) electrons. The number of nitriles is 1. The van der Waals surface area contributed by atoms with E-state index in [1.807, 2.05) is 13.8 Å². The van der Waals surface area contributed by atoms with Crippen LogP contribution in [0.15, 0.2) is 16.7 Å². The smallest absolute Gasteiger partial charge is 0.138 e. The first-order chi connectivity index (χ1) is 9.43. The van der Waals surface area contributed by atoms with E-state index in [9.17, 15) is 5.26 Å². The van der Waals surface area contributed by atoms with Crippen LogP contribution < -0.4 is 0 Å². The molecule has 0 aliphatic carbocycles. The Morgan fingerprint density at radius 3 is 2.20 bits per heavy atom. The number of aryl methyl sites for hydroxylation is 5. The van der Waals surface area contributed by atoms with Crippen molar-refractivity contribution in [2.45, 2.75) is 47.0 Å². The molecule has 0 saturated carbocycles. The molecular weight excluding hydrogens is 248 g/mol. The third-order valence-corrected chi connectivity index (χ3v) is 3.84. The Morgan fingerprint density at radius 1 is 1.15 bits per heavy atom.